The van der Waals surface area contributed by atoms with Crippen molar-refractivity contribution in [3.05, 3.63) is 42.1 Å². The van der Waals surface area contributed by atoms with Crippen LogP contribution in [0, 0.1) is 0 Å². The van der Waals surface area contributed by atoms with Gasteiger partial charge in [0.15, 0.2) is 5.16 Å². The molecule has 98 valence electrons. The molecule has 2 aromatic heterocycles. The summed E-state index contributed by atoms with van der Waals surface area (Å²) in [4.78, 5) is 12.1. The summed E-state index contributed by atoms with van der Waals surface area (Å²) in [5, 5.41) is 0.894. The molecule has 0 radical (unpaired) electrons. The zero-order valence-electron chi connectivity index (χ0n) is 10.9. The van der Waals surface area contributed by atoms with Gasteiger partial charge in [-0.2, -0.15) is 0 Å². The molecule has 5 heteroatoms. The van der Waals surface area contributed by atoms with Gasteiger partial charge in [-0.3, -0.25) is 0 Å². The molecule has 1 aromatic carbocycles. The van der Waals surface area contributed by atoms with E-state index in [2.05, 4.69) is 28.8 Å². The van der Waals surface area contributed by atoms with Gasteiger partial charge in [0.05, 0.1) is 23.0 Å². The summed E-state index contributed by atoms with van der Waals surface area (Å²) in [5.74, 6) is 2.74. The van der Waals surface area contributed by atoms with Crippen LogP contribution in [-0.4, -0.2) is 15.0 Å². The number of para-hydroxylation sites is 2. The Morgan fingerprint density at radius 1 is 1.32 bits per heavy atom. The van der Waals surface area contributed by atoms with Crippen LogP contribution in [0.4, 0.5) is 0 Å². The maximum atomic E-state index is 5.67. The standard InChI is InChI=1S/C14H15N3OS/c1-9(2)12-7-15-13(18-12)8-19-14-16-10-5-3-4-6-11(10)17-14/h3-7,9H,8H2,1-2H3,(H,16,17). The van der Waals surface area contributed by atoms with E-state index >= 15 is 0 Å². The number of hydrogen-bond donors (Lipinski definition) is 1. The van der Waals surface area contributed by atoms with Crippen molar-refractivity contribution in [1.82, 2.24) is 15.0 Å². The lowest BCUT2D eigenvalue weighted by molar-refractivity contribution is 0.453. The summed E-state index contributed by atoms with van der Waals surface area (Å²) < 4.78 is 5.67. The van der Waals surface area contributed by atoms with Crippen molar-refractivity contribution in [1.29, 1.82) is 0 Å². The monoisotopic (exact) mass is 273 g/mol. The first-order chi connectivity index (χ1) is 9.22. The lowest BCUT2D eigenvalue weighted by Gasteiger charge is -1.97. The molecule has 0 aliphatic rings. The summed E-state index contributed by atoms with van der Waals surface area (Å²) in [6.07, 6.45) is 1.80. The largest absolute Gasteiger partial charge is 0.445 e. The highest BCUT2D eigenvalue weighted by Crippen LogP contribution is 2.24. The average Bonchev–Trinajstić information content (AvgIpc) is 3.02. The molecular formula is C14H15N3OS. The fourth-order valence-corrected chi connectivity index (χ4v) is 2.52. The van der Waals surface area contributed by atoms with Crippen LogP contribution >= 0.6 is 11.8 Å². The molecule has 19 heavy (non-hydrogen) atoms. The minimum atomic E-state index is 0.373. The molecule has 3 rings (SSSR count). The van der Waals surface area contributed by atoms with Crippen molar-refractivity contribution in [2.75, 3.05) is 0 Å². The molecular weight excluding hydrogens is 258 g/mol. The molecule has 0 spiro atoms. The first-order valence-corrected chi connectivity index (χ1v) is 7.23. The van der Waals surface area contributed by atoms with Crippen LogP contribution in [0.2, 0.25) is 0 Å². The van der Waals surface area contributed by atoms with Gasteiger partial charge in [-0.05, 0) is 12.1 Å². The molecule has 1 N–H and O–H groups in total. The number of aromatic amines is 1. The van der Waals surface area contributed by atoms with Gasteiger partial charge in [0.2, 0.25) is 5.89 Å². The topological polar surface area (TPSA) is 54.7 Å². The fraction of sp³-hybridized carbons (Fsp3) is 0.286. The van der Waals surface area contributed by atoms with Gasteiger partial charge in [-0.1, -0.05) is 37.7 Å². The van der Waals surface area contributed by atoms with Crippen LogP contribution in [0.1, 0.15) is 31.4 Å². The third-order valence-corrected chi connectivity index (χ3v) is 3.70. The van der Waals surface area contributed by atoms with Gasteiger partial charge in [-0.25, -0.2) is 9.97 Å². The van der Waals surface area contributed by atoms with E-state index in [1.54, 1.807) is 18.0 Å². The van der Waals surface area contributed by atoms with E-state index in [1.165, 1.54) is 0 Å². The van der Waals surface area contributed by atoms with Crippen LogP contribution < -0.4 is 0 Å². The Kier molecular flexibility index (Phi) is 3.29. The molecule has 4 nitrogen and oxygen atoms in total. The number of rotatable bonds is 4. The molecule has 0 amide bonds. The van der Waals surface area contributed by atoms with Crippen LogP contribution in [0.15, 0.2) is 40.0 Å². The van der Waals surface area contributed by atoms with E-state index < -0.39 is 0 Å². The predicted octanol–water partition coefficient (Wildman–Crippen LogP) is 3.97. The molecule has 0 unspecified atom stereocenters. The zero-order valence-corrected chi connectivity index (χ0v) is 11.7. The van der Waals surface area contributed by atoms with E-state index in [0.29, 0.717) is 11.7 Å². The second-order valence-corrected chi connectivity index (χ2v) is 5.62. The first-order valence-electron chi connectivity index (χ1n) is 6.24. The summed E-state index contributed by atoms with van der Waals surface area (Å²) >= 11 is 1.60. The van der Waals surface area contributed by atoms with Gasteiger partial charge in [0, 0.05) is 5.92 Å². The molecule has 0 saturated heterocycles. The minimum absolute atomic E-state index is 0.373. The van der Waals surface area contributed by atoms with Gasteiger partial charge < -0.3 is 9.40 Å². The maximum absolute atomic E-state index is 5.67. The Bertz CT molecular complexity index is 654. The summed E-state index contributed by atoms with van der Waals surface area (Å²) in [5.41, 5.74) is 2.04. The predicted molar refractivity (Wildman–Crippen MR) is 76.2 cm³/mol. The molecule has 0 saturated carbocycles. The number of benzene rings is 1. The second-order valence-electron chi connectivity index (χ2n) is 4.66. The molecule has 0 aliphatic carbocycles. The van der Waals surface area contributed by atoms with Crippen molar-refractivity contribution in [3.8, 4) is 0 Å². The number of aromatic nitrogens is 3. The Labute approximate surface area is 115 Å². The van der Waals surface area contributed by atoms with Crippen LogP contribution in [0.3, 0.4) is 0 Å². The summed E-state index contributed by atoms with van der Waals surface area (Å²) in [6.45, 7) is 4.19. The van der Waals surface area contributed by atoms with E-state index in [4.69, 9.17) is 4.42 Å². The molecule has 3 aromatic rings. The number of hydrogen-bond acceptors (Lipinski definition) is 4. The Morgan fingerprint density at radius 2 is 2.16 bits per heavy atom. The van der Waals surface area contributed by atoms with Gasteiger partial charge in [0.1, 0.15) is 5.76 Å². The van der Waals surface area contributed by atoms with Gasteiger partial charge in [-0.15, -0.1) is 0 Å². The number of nitrogens with zero attached hydrogens (tertiary/aromatic N) is 2. The number of oxazole rings is 1. The SMILES string of the molecule is CC(C)c1cnc(CSc2nc3ccccc3[nH]2)o1. The lowest BCUT2D eigenvalue weighted by atomic mass is 10.2. The minimum Gasteiger partial charge on any atom is -0.445 e. The molecule has 2 heterocycles. The smallest absolute Gasteiger partial charge is 0.204 e. The normalized spacial score (nSPS) is 11.5. The fourth-order valence-electron chi connectivity index (χ4n) is 1.79. The molecule has 0 atom stereocenters. The second kappa shape index (κ2) is 5.09. The van der Waals surface area contributed by atoms with Crippen molar-refractivity contribution in [3.63, 3.8) is 0 Å². The third kappa shape index (κ3) is 2.66. The Morgan fingerprint density at radius 3 is 2.89 bits per heavy atom. The quantitative estimate of drug-likeness (QED) is 0.731. The van der Waals surface area contributed by atoms with Crippen molar-refractivity contribution < 1.29 is 4.42 Å². The van der Waals surface area contributed by atoms with E-state index in [-0.39, 0.29) is 0 Å². The molecule has 0 aliphatic heterocycles. The number of thioether (sulfide) groups is 1. The maximum Gasteiger partial charge on any atom is 0.204 e. The molecule has 0 bridgehead atoms. The highest BCUT2D eigenvalue weighted by atomic mass is 32.2. The van der Waals surface area contributed by atoms with E-state index in [0.717, 1.165) is 27.8 Å². The zero-order chi connectivity index (χ0) is 13.2. The summed E-state index contributed by atoms with van der Waals surface area (Å²) in [7, 11) is 0. The van der Waals surface area contributed by atoms with Crippen molar-refractivity contribution in [2.45, 2.75) is 30.7 Å². The van der Waals surface area contributed by atoms with Crippen LogP contribution in [-0.2, 0) is 5.75 Å². The van der Waals surface area contributed by atoms with E-state index in [1.807, 2.05) is 24.3 Å². The number of imidazole rings is 1. The van der Waals surface area contributed by atoms with E-state index in [9.17, 15) is 0 Å². The van der Waals surface area contributed by atoms with Crippen molar-refractivity contribution >= 4 is 22.8 Å². The highest BCUT2D eigenvalue weighted by Gasteiger charge is 2.09. The van der Waals surface area contributed by atoms with Crippen molar-refractivity contribution in [2.24, 2.45) is 0 Å². The number of fused-ring (bicyclic) bond motifs is 1. The lowest BCUT2D eigenvalue weighted by Crippen LogP contribution is -1.82. The van der Waals surface area contributed by atoms with Gasteiger partial charge in [0.25, 0.3) is 0 Å². The Hall–Kier alpha value is -1.75. The first kappa shape index (κ1) is 12.3. The van der Waals surface area contributed by atoms with Crippen LogP contribution in [0.5, 0.6) is 0 Å². The third-order valence-electron chi connectivity index (χ3n) is 2.84. The summed E-state index contributed by atoms with van der Waals surface area (Å²) in [6, 6.07) is 8.00. The highest BCUT2D eigenvalue weighted by molar-refractivity contribution is 7.98. The van der Waals surface area contributed by atoms with Gasteiger partial charge >= 0.3 is 0 Å². The average molecular weight is 273 g/mol. The number of H-pyrrole nitrogens is 1. The Balaban J connectivity index is 1.71. The molecule has 0 fully saturated rings. The number of nitrogens with one attached hydrogen (secondary N) is 1. The van der Waals surface area contributed by atoms with Crippen LogP contribution in [0.25, 0.3) is 11.0 Å².